The number of rotatable bonds is 1. The summed E-state index contributed by atoms with van der Waals surface area (Å²) in [5.41, 5.74) is -0.160. The number of amides is 2. The maximum absolute atomic E-state index is 13.3. The highest BCUT2D eigenvalue weighted by Gasteiger charge is 2.66. The number of benzene rings is 3. The monoisotopic (exact) mass is 481 g/mol. The van der Waals surface area contributed by atoms with Crippen LogP contribution in [0.2, 0.25) is 0 Å². The number of hydrogen-bond acceptors (Lipinski definition) is 6. The summed E-state index contributed by atoms with van der Waals surface area (Å²) in [6.45, 7) is 1.68. The molecule has 2 aromatic heterocycles. The van der Waals surface area contributed by atoms with Gasteiger partial charge in [-0.1, -0.05) is 36.4 Å². The van der Waals surface area contributed by atoms with Crippen LogP contribution in [0.1, 0.15) is 40.3 Å². The van der Waals surface area contributed by atoms with Gasteiger partial charge in [0.25, 0.3) is 11.8 Å². The average Bonchev–Trinajstić information content (AvgIpc) is 3.54. The Morgan fingerprint density at radius 1 is 1.00 bits per heavy atom. The molecule has 3 atom stereocenters. The van der Waals surface area contributed by atoms with E-state index in [9.17, 15) is 19.5 Å². The summed E-state index contributed by atoms with van der Waals surface area (Å²) < 4.78 is 15.5. The number of esters is 1. The van der Waals surface area contributed by atoms with Crippen molar-refractivity contribution in [1.29, 1.82) is 0 Å². The summed E-state index contributed by atoms with van der Waals surface area (Å²) in [6, 6.07) is 15.0. The van der Waals surface area contributed by atoms with E-state index in [4.69, 9.17) is 9.47 Å². The summed E-state index contributed by atoms with van der Waals surface area (Å²) in [4.78, 5) is 39.6. The van der Waals surface area contributed by atoms with Gasteiger partial charge >= 0.3 is 5.97 Å². The van der Waals surface area contributed by atoms with Gasteiger partial charge in [-0.05, 0) is 19.1 Å². The van der Waals surface area contributed by atoms with Crippen molar-refractivity contribution in [1.82, 2.24) is 14.5 Å². The molecule has 0 spiro atoms. The Balaban J connectivity index is 1.75. The molecule has 2 bridgehead atoms. The van der Waals surface area contributed by atoms with Crippen LogP contribution >= 0.6 is 0 Å². The highest BCUT2D eigenvalue weighted by molar-refractivity contribution is 6.39. The predicted octanol–water partition coefficient (Wildman–Crippen LogP) is 3.30. The van der Waals surface area contributed by atoms with E-state index in [2.05, 4.69) is 5.32 Å². The summed E-state index contributed by atoms with van der Waals surface area (Å²) >= 11 is 0. The van der Waals surface area contributed by atoms with Crippen LogP contribution in [0, 0.1) is 0 Å². The molecule has 1 fully saturated rings. The van der Waals surface area contributed by atoms with Gasteiger partial charge in [-0.3, -0.25) is 14.9 Å². The van der Waals surface area contributed by atoms with Crippen LogP contribution < -0.4 is 5.32 Å². The Hall–Kier alpha value is -4.21. The molecule has 0 saturated carbocycles. The number of aliphatic hydroxyl groups is 1. The van der Waals surface area contributed by atoms with Crippen LogP contribution in [0.25, 0.3) is 43.6 Å². The molecule has 0 aliphatic carbocycles. The van der Waals surface area contributed by atoms with E-state index < -0.39 is 35.3 Å². The second-order valence-electron chi connectivity index (χ2n) is 9.83. The maximum Gasteiger partial charge on any atom is 0.343 e. The van der Waals surface area contributed by atoms with Gasteiger partial charge in [0.1, 0.15) is 6.23 Å². The number of carbonyl (C=O) groups is 3. The Bertz CT molecular complexity index is 1920. The van der Waals surface area contributed by atoms with Crippen LogP contribution in [0.3, 0.4) is 0 Å². The Labute approximate surface area is 202 Å². The molecule has 5 aromatic rings. The summed E-state index contributed by atoms with van der Waals surface area (Å²) in [7, 11) is 1.24. The highest BCUT2D eigenvalue weighted by atomic mass is 16.6. The van der Waals surface area contributed by atoms with Gasteiger partial charge < -0.3 is 23.7 Å². The lowest BCUT2D eigenvalue weighted by Crippen LogP contribution is -2.56. The molecular formula is C27H19N3O6. The second kappa shape index (κ2) is 5.95. The smallest absolute Gasteiger partial charge is 0.343 e. The van der Waals surface area contributed by atoms with Crippen molar-refractivity contribution < 1.29 is 29.0 Å². The number of ether oxygens (including phenoxy) is 2. The average molecular weight is 481 g/mol. The molecule has 3 aliphatic heterocycles. The fourth-order valence-electron chi connectivity index (χ4n) is 6.81. The minimum atomic E-state index is -2.02. The number of methoxy groups -OCH3 is 1. The van der Waals surface area contributed by atoms with E-state index in [-0.39, 0.29) is 6.42 Å². The first-order valence-electron chi connectivity index (χ1n) is 11.7. The minimum Gasteiger partial charge on any atom is -0.467 e. The molecule has 1 unspecified atom stereocenters. The van der Waals surface area contributed by atoms with Crippen LogP contribution in [0.5, 0.6) is 0 Å². The highest BCUT2D eigenvalue weighted by Crippen LogP contribution is 2.57. The number of carbonyl (C=O) groups excluding carboxylic acids is 3. The van der Waals surface area contributed by atoms with Gasteiger partial charge in [0.2, 0.25) is 5.60 Å². The third-order valence-corrected chi connectivity index (χ3v) is 8.28. The maximum atomic E-state index is 13.3. The molecular weight excluding hydrogens is 462 g/mol. The van der Waals surface area contributed by atoms with Crippen molar-refractivity contribution in [3.8, 4) is 0 Å². The van der Waals surface area contributed by atoms with Crippen molar-refractivity contribution in [2.45, 2.75) is 30.9 Å². The normalized spacial score (nSPS) is 26.4. The molecule has 36 heavy (non-hydrogen) atoms. The predicted molar refractivity (Wildman–Crippen MR) is 130 cm³/mol. The van der Waals surface area contributed by atoms with E-state index in [1.807, 2.05) is 57.7 Å². The van der Waals surface area contributed by atoms with Crippen LogP contribution in [0.15, 0.2) is 48.5 Å². The summed E-state index contributed by atoms with van der Waals surface area (Å²) in [5, 5.41) is 17.2. The number of aromatic nitrogens is 2. The first-order chi connectivity index (χ1) is 17.3. The zero-order chi connectivity index (χ0) is 24.7. The van der Waals surface area contributed by atoms with Crippen molar-refractivity contribution in [3.05, 3.63) is 59.7 Å². The molecule has 9 heteroatoms. The molecule has 9 nitrogen and oxygen atoms in total. The number of hydrogen-bond donors (Lipinski definition) is 2. The lowest BCUT2D eigenvalue weighted by Gasteiger charge is -2.37. The van der Waals surface area contributed by atoms with Crippen molar-refractivity contribution >= 4 is 61.4 Å². The van der Waals surface area contributed by atoms with Gasteiger partial charge in [-0.25, -0.2) is 4.79 Å². The topological polar surface area (TPSA) is 112 Å². The summed E-state index contributed by atoms with van der Waals surface area (Å²) in [5.74, 6) is -1.71. The van der Waals surface area contributed by atoms with Crippen molar-refractivity contribution in [3.63, 3.8) is 0 Å². The number of fused-ring (bicyclic) bond motifs is 13. The zero-order valence-corrected chi connectivity index (χ0v) is 19.3. The van der Waals surface area contributed by atoms with Gasteiger partial charge in [0, 0.05) is 28.0 Å². The number of imide groups is 1. The number of para-hydroxylation sites is 2. The Morgan fingerprint density at radius 3 is 2.25 bits per heavy atom. The SMILES string of the molecule is COC(=O)[C@]1(O)CC2O[C@@]1(C)n1c3ccccc3c3c4c(c5c6ccccc6n2c5c31)C(=O)NC4=O. The molecule has 3 aromatic carbocycles. The first-order valence-corrected chi connectivity index (χ1v) is 11.7. The Morgan fingerprint density at radius 2 is 1.58 bits per heavy atom. The van der Waals surface area contributed by atoms with E-state index in [0.29, 0.717) is 32.9 Å². The van der Waals surface area contributed by atoms with E-state index in [1.165, 1.54) is 7.11 Å². The largest absolute Gasteiger partial charge is 0.467 e. The fourth-order valence-corrected chi connectivity index (χ4v) is 6.81. The minimum absolute atomic E-state index is 0.0560. The molecule has 8 rings (SSSR count). The lowest BCUT2D eigenvalue weighted by atomic mass is 9.88. The van der Waals surface area contributed by atoms with Crippen molar-refractivity contribution in [2.75, 3.05) is 7.11 Å². The molecule has 2 N–H and O–H groups in total. The zero-order valence-electron chi connectivity index (χ0n) is 19.3. The number of nitrogens with zero attached hydrogens (tertiary/aromatic N) is 2. The molecule has 1 saturated heterocycles. The molecule has 5 heterocycles. The van der Waals surface area contributed by atoms with E-state index in [1.54, 1.807) is 6.92 Å². The quantitative estimate of drug-likeness (QED) is 0.281. The molecule has 2 amide bonds. The van der Waals surface area contributed by atoms with Gasteiger partial charge in [0.15, 0.2) is 5.72 Å². The number of nitrogens with one attached hydrogen (secondary N) is 1. The van der Waals surface area contributed by atoms with E-state index >= 15 is 0 Å². The van der Waals surface area contributed by atoms with Gasteiger partial charge in [0.05, 0.1) is 40.3 Å². The van der Waals surface area contributed by atoms with Gasteiger partial charge in [-0.15, -0.1) is 0 Å². The van der Waals surface area contributed by atoms with Crippen molar-refractivity contribution in [2.24, 2.45) is 0 Å². The standard InChI is InChI=1S/C27H19N3O6/c1-26-27(34,25(33)35-2)11-16(36-26)29-14-9-5-3-7-12(14)17-19-20(24(32)28-23(19)31)18-13-8-4-6-10-15(13)30(26)22(18)21(17)29/h3-10,16,34H,11H2,1-2H3,(H,28,31,32)/t16?,26-,27-/m1/s1. The summed E-state index contributed by atoms with van der Waals surface area (Å²) in [6.07, 6.45) is -0.791. The first kappa shape index (κ1) is 20.0. The Kier molecular flexibility index (Phi) is 3.31. The third-order valence-electron chi connectivity index (χ3n) is 8.28. The molecule has 0 radical (unpaired) electrons. The fraction of sp³-hybridized carbons (Fsp3) is 0.222. The lowest BCUT2D eigenvalue weighted by molar-refractivity contribution is -0.202. The molecule has 178 valence electrons. The van der Waals surface area contributed by atoms with Gasteiger partial charge in [-0.2, -0.15) is 0 Å². The van der Waals surface area contributed by atoms with E-state index in [0.717, 1.165) is 21.8 Å². The molecule has 3 aliphatic rings. The second-order valence-corrected chi connectivity index (χ2v) is 9.83. The van der Waals surface area contributed by atoms with Crippen LogP contribution in [-0.2, 0) is 20.0 Å². The van der Waals surface area contributed by atoms with Crippen LogP contribution in [-0.4, -0.2) is 44.7 Å². The third kappa shape index (κ3) is 1.87. The van der Waals surface area contributed by atoms with Crippen LogP contribution in [0.4, 0.5) is 0 Å².